The maximum Gasteiger partial charge on any atom is 0.282 e. The predicted molar refractivity (Wildman–Crippen MR) is 194 cm³/mol. The molecule has 2 N–H and O–H groups in total. The van der Waals surface area contributed by atoms with E-state index in [2.05, 4.69) is 15.5 Å². The summed E-state index contributed by atoms with van der Waals surface area (Å²) >= 11 is 0. The van der Waals surface area contributed by atoms with E-state index in [0.717, 1.165) is 46.1 Å². The summed E-state index contributed by atoms with van der Waals surface area (Å²) < 4.78 is 72.5. The molecule has 0 amide bonds. The molecule has 0 bridgehead atoms. The van der Waals surface area contributed by atoms with Crippen LogP contribution in [0.1, 0.15) is 69.7 Å². The van der Waals surface area contributed by atoms with Crippen LogP contribution in [-0.4, -0.2) is 54.6 Å². The standard InChI is InChI=1S/C40H44F4N4OSi/c1-26-20-32-31(18-19-36-33(32)23-45-47-36)38(37-34(41)21-28(22-35(37)42)46-27-12-11-13-27)48(26)24-40(43,44)25-49-50(39(2,3)4,29-14-7-5-8-15-29)30-16-9-6-10-17-30/h5-10,14-19,21-23,26-27,38,46H,11-13,20,24-25H2,1-4H3,(H,45,47)/t26-,38+/m1/s1. The first kappa shape index (κ1) is 34.5. The van der Waals surface area contributed by atoms with Crippen molar-refractivity contribution in [3.63, 3.8) is 0 Å². The van der Waals surface area contributed by atoms with Crippen LogP contribution in [0.4, 0.5) is 23.2 Å². The lowest BCUT2D eigenvalue weighted by molar-refractivity contribution is -0.0822. The van der Waals surface area contributed by atoms with Gasteiger partial charge in [0.1, 0.15) is 11.6 Å². The first-order valence-corrected chi connectivity index (χ1v) is 19.4. The number of aromatic nitrogens is 2. The lowest BCUT2D eigenvalue weighted by Gasteiger charge is -2.46. The first-order chi connectivity index (χ1) is 23.9. The van der Waals surface area contributed by atoms with Crippen LogP contribution in [0.15, 0.2) is 91.1 Å². The zero-order chi connectivity index (χ0) is 35.3. The van der Waals surface area contributed by atoms with E-state index in [9.17, 15) is 0 Å². The molecule has 2 atom stereocenters. The monoisotopic (exact) mass is 700 g/mol. The molecular weight excluding hydrogens is 657 g/mol. The van der Waals surface area contributed by atoms with Gasteiger partial charge in [0.05, 0.1) is 30.9 Å². The Balaban J connectivity index is 1.27. The summed E-state index contributed by atoms with van der Waals surface area (Å²) in [5, 5.41) is 12.5. The van der Waals surface area contributed by atoms with Gasteiger partial charge in [-0.25, -0.2) is 17.6 Å². The molecule has 1 aliphatic heterocycles. The molecule has 0 spiro atoms. The first-order valence-electron chi connectivity index (χ1n) is 17.5. The summed E-state index contributed by atoms with van der Waals surface area (Å²) in [6.45, 7) is 6.38. The highest BCUT2D eigenvalue weighted by Crippen LogP contribution is 2.44. The minimum atomic E-state index is -3.37. The van der Waals surface area contributed by atoms with Gasteiger partial charge in [-0.2, -0.15) is 5.10 Å². The molecule has 1 fully saturated rings. The van der Waals surface area contributed by atoms with Crippen molar-refractivity contribution in [3.05, 3.63) is 119 Å². The molecule has 0 unspecified atom stereocenters. The average Bonchev–Trinajstić information content (AvgIpc) is 3.54. The number of H-pyrrole nitrogens is 1. The van der Waals surface area contributed by atoms with Crippen molar-refractivity contribution in [2.75, 3.05) is 18.5 Å². The average molecular weight is 701 g/mol. The summed E-state index contributed by atoms with van der Waals surface area (Å²) in [5.41, 5.74) is 2.36. The zero-order valence-corrected chi connectivity index (χ0v) is 29.9. The summed E-state index contributed by atoms with van der Waals surface area (Å²) in [7, 11) is -3.28. The van der Waals surface area contributed by atoms with Crippen LogP contribution in [0.3, 0.4) is 0 Å². The molecule has 0 radical (unpaired) electrons. The Morgan fingerprint density at radius 2 is 1.54 bits per heavy atom. The Bertz CT molecular complexity index is 1900. The molecule has 1 aromatic heterocycles. The number of halogens is 4. The van der Waals surface area contributed by atoms with Gasteiger partial charge in [-0.3, -0.25) is 10.00 Å². The van der Waals surface area contributed by atoms with E-state index in [1.165, 1.54) is 12.1 Å². The highest BCUT2D eigenvalue weighted by molar-refractivity contribution is 6.99. The molecule has 1 aliphatic carbocycles. The van der Waals surface area contributed by atoms with Crippen molar-refractivity contribution in [2.45, 2.75) is 82.5 Å². The fraction of sp³-hybridized carbons (Fsp3) is 0.375. The van der Waals surface area contributed by atoms with Crippen LogP contribution in [0, 0.1) is 11.6 Å². The molecule has 4 aromatic carbocycles. The second-order valence-electron chi connectivity index (χ2n) is 15.0. The van der Waals surface area contributed by atoms with Crippen LogP contribution in [0.25, 0.3) is 10.9 Å². The SMILES string of the molecule is C[C@@H]1Cc2c(ccc3[nH]ncc23)[C@@H](c2c(F)cc(NC3CCC3)cc2F)N1CC(F)(F)CO[Si](c1ccccc1)(c1ccccc1)C(C)(C)C. The van der Waals surface area contributed by atoms with Gasteiger partial charge in [0.15, 0.2) is 0 Å². The fourth-order valence-corrected chi connectivity index (χ4v) is 12.6. The van der Waals surface area contributed by atoms with E-state index >= 15 is 17.6 Å². The van der Waals surface area contributed by atoms with E-state index < -0.39 is 56.1 Å². The number of nitrogens with zero attached hydrogens (tertiary/aromatic N) is 2. The van der Waals surface area contributed by atoms with Gasteiger partial charge in [0, 0.05) is 28.7 Å². The number of benzene rings is 4. The van der Waals surface area contributed by atoms with Gasteiger partial charge in [0.2, 0.25) is 0 Å². The third-order valence-corrected chi connectivity index (χ3v) is 15.6. The maximum atomic E-state index is 16.7. The van der Waals surface area contributed by atoms with E-state index in [4.69, 9.17) is 4.43 Å². The molecule has 50 heavy (non-hydrogen) atoms. The third kappa shape index (κ3) is 6.26. The molecule has 7 rings (SSSR count). The van der Waals surface area contributed by atoms with Crippen LogP contribution < -0.4 is 15.7 Å². The van der Waals surface area contributed by atoms with E-state index in [1.807, 2.05) is 88.4 Å². The smallest absolute Gasteiger partial charge is 0.282 e. The van der Waals surface area contributed by atoms with Crippen molar-refractivity contribution in [1.29, 1.82) is 0 Å². The fourth-order valence-electron chi connectivity index (χ4n) is 8.00. The minimum Gasteiger partial charge on any atom is -0.401 e. The largest absolute Gasteiger partial charge is 0.401 e. The van der Waals surface area contributed by atoms with Crippen molar-refractivity contribution < 1.29 is 22.0 Å². The highest BCUT2D eigenvalue weighted by atomic mass is 28.4. The molecular formula is C40H44F4N4OSi. The number of fused-ring (bicyclic) bond motifs is 3. The van der Waals surface area contributed by atoms with Crippen molar-refractivity contribution in [2.24, 2.45) is 0 Å². The van der Waals surface area contributed by atoms with E-state index in [-0.39, 0.29) is 11.6 Å². The molecule has 2 heterocycles. The normalized spacial score (nSPS) is 19.0. The van der Waals surface area contributed by atoms with Gasteiger partial charge in [-0.15, -0.1) is 0 Å². The van der Waals surface area contributed by atoms with E-state index in [0.29, 0.717) is 17.7 Å². The molecule has 5 aromatic rings. The van der Waals surface area contributed by atoms with Crippen LogP contribution in [-0.2, 0) is 10.8 Å². The number of nitrogens with one attached hydrogen (secondary N) is 2. The summed E-state index contributed by atoms with van der Waals surface area (Å²) in [4.78, 5) is 1.56. The Morgan fingerprint density at radius 3 is 2.10 bits per heavy atom. The molecule has 0 saturated heterocycles. The lowest BCUT2D eigenvalue weighted by Crippen LogP contribution is -2.67. The number of rotatable bonds is 10. The van der Waals surface area contributed by atoms with E-state index in [1.54, 1.807) is 23.2 Å². The summed E-state index contributed by atoms with van der Waals surface area (Å²) in [5.74, 6) is -4.89. The van der Waals surface area contributed by atoms with Gasteiger partial charge < -0.3 is 9.74 Å². The second kappa shape index (κ2) is 13.3. The maximum absolute atomic E-state index is 16.7. The number of anilines is 1. The Kier molecular flexibility index (Phi) is 9.15. The number of hydrogen-bond acceptors (Lipinski definition) is 4. The van der Waals surface area contributed by atoms with Crippen molar-refractivity contribution >= 4 is 35.3 Å². The molecule has 1 saturated carbocycles. The Hall–Kier alpha value is -3.99. The van der Waals surface area contributed by atoms with Gasteiger partial charge >= 0.3 is 0 Å². The van der Waals surface area contributed by atoms with Crippen LogP contribution in [0.2, 0.25) is 5.04 Å². The van der Waals surface area contributed by atoms with Crippen molar-refractivity contribution in [3.8, 4) is 0 Å². The highest BCUT2D eigenvalue weighted by Gasteiger charge is 2.52. The topological polar surface area (TPSA) is 53.2 Å². The van der Waals surface area contributed by atoms with Gasteiger partial charge in [0.25, 0.3) is 14.2 Å². The summed E-state index contributed by atoms with van der Waals surface area (Å²) in [6.07, 6.45) is 5.07. The second-order valence-corrected chi connectivity index (χ2v) is 19.3. The van der Waals surface area contributed by atoms with Gasteiger partial charge in [-0.1, -0.05) is 87.5 Å². The van der Waals surface area contributed by atoms with Crippen molar-refractivity contribution in [1.82, 2.24) is 15.1 Å². The number of alkyl halides is 2. The quantitative estimate of drug-likeness (QED) is 0.114. The molecule has 2 aliphatic rings. The predicted octanol–water partition coefficient (Wildman–Crippen LogP) is 8.35. The zero-order valence-electron chi connectivity index (χ0n) is 28.9. The molecule has 10 heteroatoms. The van der Waals surface area contributed by atoms with Gasteiger partial charge in [-0.05, 0) is 77.3 Å². The molecule has 5 nitrogen and oxygen atoms in total. The Labute approximate surface area is 292 Å². The minimum absolute atomic E-state index is 0.176. The number of aromatic amines is 1. The third-order valence-electron chi connectivity index (χ3n) is 10.6. The van der Waals surface area contributed by atoms with Crippen LogP contribution >= 0.6 is 0 Å². The lowest BCUT2D eigenvalue weighted by atomic mass is 9.83. The number of hydrogen-bond donors (Lipinski definition) is 2. The van der Waals surface area contributed by atoms with Crippen LogP contribution in [0.5, 0.6) is 0 Å². The molecule has 262 valence electrons. The summed E-state index contributed by atoms with van der Waals surface area (Å²) in [6, 6.07) is 24.1. The Morgan fingerprint density at radius 1 is 0.920 bits per heavy atom.